The number of para-hydroxylation sites is 1. The average Bonchev–Trinajstić information content (AvgIpc) is 2.36. The van der Waals surface area contributed by atoms with Crippen molar-refractivity contribution < 1.29 is 0 Å². The number of rotatable bonds is 3. The van der Waals surface area contributed by atoms with E-state index in [-0.39, 0.29) is 11.2 Å². The number of hydrogen-bond acceptors (Lipinski definition) is 2. The molecule has 1 aromatic heterocycles. The predicted molar refractivity (Wildman–Crippen MR) is 66.6 cm³/mol. The van der Waals surface area contributed by atoms with Gasteiger partial charge in [0.15, 0.2) is 0 Å². The average molecular weight is 230 g/mol. The fraction of sp³-hybridized carbons (Fsp3) is 0.231. The zero-order valence-corrected chi connectivity index (χ0v) is 9.67. The summed E-state index contributed by atoms with van der Waals surface area (Å²) >= 11 is 0. The van der Waals surface area contributed by atoms with Crippen LogP contribution < -0.4 is 11.2 Å². The Morgan fingerprint density at radius 2 is 1.76 bits per heavy atom. The van der Waals surface area contributed by atoms with Gasteiger partial charge in [-0.25, -0.2) is 4.79 Å². The van der Waals surface area contributed by atoms with E-state index < -0.39 is 0 Å². The summed E-state index contributed by atoms with van der Waals surface area (Å²) in [6.45, 7) is 2.39. The summed E-state index contributed by atoms with van der Waals surface area (Å²) in [4.78, 5) is 23.7. The van der Waals surface area contributed by atoms with Gasteiger partial charge in [-0.15, -0.1) is 0 Å². The molecule has 17 heavy (non-hydrogen) atoms. The summed E-state index contributed by atoms with van der Waals surface area (Å²) in [6.07, 6.45) is 2.28. The summed E-state index contributed by atoms with van der Waals surface area (Å²) in [5.41, 5.74) is 0.233. The van der Waals surface area contributed by atoms with E-state index in [1.807, 2.05) is 37.3 Å². The number of nitrogens with zero attached hydrogens (tertiary/aromatic N) is 2. The molecule has 0 N–H and O–H groups in total. The van der Waals surface area contributed by atoms with Crippen molar-refractivity contribution in [2.45, 2.75) is 19.9 Å². The van der Waals surface area contributed by atoms with Crippen molar-refractivity contribution in [2.75, 3.05) is 0 Å². The zero-order valence-electron chi connectivity index (χ0n) is 9.67. The van der Waals surface area contributed by atoms with Crippen molar-refractivity contribution in [1.82, 2.24) is 9.13 Å². The van der Waals surface area contributed by atoms with Gasteiger partial charge in [-0.05, 0) is 18.6 Å². The van der Waals surface area contributed by atoms with Crippen molar-refractivity contribution >= 4 is 0 Å². The van der Waals surface area contributed by atoms with Crippen molar-refractivity contribution in [3.63, 3.8) is 0 Å². The lowest BCUT2D eigenvalue weighted by molar-refractivity contribution is 0.597. The molecule has 0 saturated carbocycles. The maximum Gasteiger partial charge on any atom is 0.335 e. The molecule has 4 heteroatoms. The van der Waals surface area contributed by atoms with Crippen LogP contribution in [0, 0.1) is 0 Å². The minimum absolute atomic E-state index is 0.246. The standard InChI is InChI=1S/C13H14N2O2/c1-2-9-15-12(16)8-10-14(13(15)17)11-6-4-3-5-7-11/h3-8,10H,2,9H2,1H3. The molecule has 88 valence electrons. The minimum atomic E-state index is -0.287. The molecule has 0 amide bonds. The van der Waals surface area contributed by atoms with E-state index in [1.165, 1.54) is 21.4 Å². The molecular formula is C13H14N2O2. The maximum absolute atomic E-state index is 12.1. The highest BCUT2D eigenvalue weighted by atomic mass is 16.2. The molecule has 0 aliphatic carbocycles. The summed E-state index contributed by atoms with van der Waals surface area (Å²) in [6, 6.07) is 10.7. The molecule has 0 atom stereocenters. The van der Waals surface area contributed by atoms with Gasteiger partial charge in [0.2, 0.25) is 0 Å². The Kier molecular flexibility index (Phi) is 3.23. The van der Waals surface area contributed by atoms with Crippen LogP contribution in [0.15, 0.2) is 52.2 Å². The van der Waals surface area contributed by atoms with E-state index in [1.54, 1.807) is 0 Å². The van der Waals surface area contributed by atoms with Gasteiger partial charge >= 0.3 is 5.69 Å². The predicted octanol–water partition coefficient (Wildman–Crippen LogP) is 1.41. The lowest BCUT2D eigenvalue weighted by Gasteiger charge is -2.08. The molecule has 0 saturated heterocycles. The van der Waals surface area contributed by atoms with Gasteiger partial charge in [-0.2, -0.15) is 0 Å². The zero-order chi connectivity index (χ0) is 12.3. The van der Waals surface area contributed by atoms with Gasteiger partial charge in [0.05, 0.1) is 5.69 Å². The molecule has 4 nitrogen and oxygen atoms in total. The van der Waals surface area contributed by atoms with Crippen LogP contribution in [0.5, 0.6) is 0 Å². The highest BCUT2D eigenvalue weighted by Crippen LogP contribution is 2.01. The Bertz CT molecular complexity index is 611. The Hall–Kier alpha value is -2.10. The third kappa shape index (κ3) is 2.20. The summed E-state index contributed by atoms with van der Waals surface area (Å²) in [7, 11) is 0. The summed E-state index contributed by atoms with van der Waals surface area (Å²) in [5.74, 6) is 0. The molecule has 0 fully saturated rings. The molecule has 0 unspecified atom stereocenters. The van der Waals surface area contributed by atoms with Crippen LogP contribution in [0.4, 0.5) is 0 Å². The van der Waals surface area contributed by atoms with Crippen LogP contribution in [-0.4, -0.2) is 9.13 Å². The fourth-order valence-electron chi connectivity index (χ4n) is 1.73. The lowest BCUT2D eigenvalue weighted by atomic mass is 10.3. The van der Waals surface area contributed by atoms with Gasteiger partial charge in [-0.1, -0.05) is 25.1 Å². The molecule has 0 bridgehead atoms. The first kappa shape index (κ1) is 11.4. The van der Waals surface area contributed by atoms with Crippen molar-refractivity contribution in [3.8, 4) is 5.69 Å². The second-order valence-electron chi connectivity index (χ2n) is 3.79. The quantitative estimate of drug-likeness (QED) is 0.800. The van der Waals surface area contributed by atoms with Gasteiger partial charge in [-0.3, -0.25) is 13.9 Å². The largest absolute Gasteiger partial charge is 0.335 e. The normalized spacial score (nSPS) is 10.4. The van der Waals surface area contributed by atoms with Crippen LogP contribution in [0.3, 0.4) is 0 Å². The third-order valence-corrected chi connectivity index (χ3v) is 2.55. The van der Waals surface area contributed by atoms with Crippen molar-refractivity contribution in [3.05, 3.63) is 63.4 Å². The highest BCUT2D eigenvalue weighted by Gasteiger charge is 2.05. The minimum Gasteiger partial charge on any atom is -0.269 e. The molecule has 0 aliphatic rings. The van der Waals surface area contributed by atoms with Crippen LogP contribution in [0.1, 0.15) is 13.3 Å². The Morgan fingerprint density at radius 1 is 1.06 bits per heavy atom. The van der Waals surface area contributed by atoms with Crippen LogP contribution in [0.2, 0.25) is 0 Å². The number of hydrogen-bond donors (Lipinski definition) is 0. The maximum atomic E-state index is 12.1. The third-order valence-electron chi connectivity index (χ3n) is 2.55. The molecule has 2 rings (SSSR count). The molecule has 0 aliphatic heterocycles. The number of aromatic nitrogens is 2. The first-order chi connectivity index (χ1) is 8.24. The summed E-state index contributed by atoms with van der Waals surface area (Å²) in [5, 5.41) is 0. The molecule has 1 aromatic carbocycles. The number of benzene rings is 1. The summed E-state index contributed by atoms with van der Waals surface area (Å²) < 4.78 is 2.74. The van der Waals surface area contributed by atoms with E-state index in [0.717, 1.165) is 12.1 Å². The van der Waals surface area contributed by atoms with Crippen molar-refractivity contribution in [1.29, 1.82) is 0 Å². The van der Waals surface area contributed by atoms with Crippen LogP contribution in [0.25, 0.3) is 5.69 Å². The highest BCUT2D eigenvalue weighted by molar-refractivity contribution is 5.30. The second kappa shape index (κ2) is 4.82. The van der Waals surface area contributed by atoms with E-state index in [0.29, 0.717) is 6.54 Å². The molecule has 2 aromatic rings. The van der Waals surface area contributed by atoms with E-state index in [9.17, 15) is 9.59 Å². The molecule has 1 heterocycles. The molecule has 0 spiro atoms. The van der Waals surface area contributed by atoms with E-state index in [2.05, 4.69) is 0 Å². The van der Waals surface area contributed by atoms with Gasteiger partial charge < -0.3 is 0 Å². The van der Waals surface area contributed by atoms with Crippen LogP contribution >= 0.6 is 0 Å². The first-order valence-corrected chi connectivity index (χ1v) is 5.62. The van der Waals surface area contributed by atoms with E-state index >= 15 is 0 Å². The van der Waals surface area contributed by atoms with Gasteiger partial charge in [0, 0.05) is 18.8 Å². The smallest absolute Gasteiger partial charge is 0.269 e. The Balaban J connectivity index is 2.62. The second-order valence-corrected chi connectivity index (χ2v) is 3.79. The lowest BCUT2D eigenvalue weighted by Crippen LogP contribution is -2.38. The Morgan fingerprint density at radius 3 is 2.41 bits per heavy atom. The van der Waals surface area contributed by atoms with Gasteiger partial charge in [0.25, 0.3) is 5.56 Å². The first-order valence-electron chi connectivity index (χ1n) is 5.62. The topological polar surface area (TPSA) is 44.0 Å². The fourth-order valence-corrected chi connectivity index (χ4v) is 1.73. The van der Waals surface area contributed by atoms with Gasteiger partial charge in [0.1, 0.15) is 0 Å². The molecular weight excluding hydrogens is 216 g/mol. The van der Waals surface area contributed by atoms with Crippen molar-refractivity contribution in [2.24, 2.45) is 0 Å². The van der Waals surface area contributed by atoms with E-state index in [4.69, 9.17) is 0 Å². The SMILES string of the molecule is CCCn1c(=O)ccn(-c2ccccc2)c1=O. The Labute approximate surface area is 98.8 Å². The molecule has 0 radical (unpaired) electrons. The van der Waals surface area contributed by atoms with Crippen LogP contribution in [-0.2, 0) is 6.54 Å². The monoisotopic (exact) mass is 230 g/mol.